The number of nitrogens with zero attached hydrogens (tertiary/aromatic N) is 2. The van der Waals surface area contributed by atoms with E-state index in [4.69, 9.17) is 23.2 Å². The van der Waals surface area contributed by atoms with Crippen molar-refractivity contribution in [2.24, 2.45) is 0 Å². The van der Waals surface area contributed by atoms with Crippen molar-refractivity contribution in [1.29, 1.82) is 0 Å². The van der Waals surface area contributed by atoms with Crippen LogP contribution in [-0.2, 0) is 29.0 Å². The van der Waals surface area contributed by atoms with Crippen molar-refractivity contribution in [3.63, 3.8) is 0 Å². The van der Waals surface area contributed by atoms with Gasteiger partial charge in [-0.2, -0.15) is 0 Å². The summed E-state index contributed by atoms with van der Waals surface area (Å²) in [6.45, 7) is 0.0467. The van der Waals surface area contributed by atoms with E-state index in [-0.39, 0.29) is 42.6 Å². The third-order valence-electron chi connectivity index (χ3n) is 6.86. The minimum atomic E-state index is -0.847. The number of nitro groups is 1. The van der Waals surface area contributed by atoms with Crippen LogP contribution in [0.25, 0.3) is 0 Å². The lowest BCUT2D eigenvalue weighted by molar-refractivity contribution is -0.385. The van der Waals surface area contributed by atoms with Crippen molar-refractivity contribution < 1.29 is 14.5 Å². The minimum Gasteiger partial charge on any atom is -0.352 e. The van der Waals surface area contributed by atoms with Crippen molar-refractivity contribution >= 4 is 40.7 Å². The topological polar surface area (TPSA) is 92.6 Å². The molecular formula is C29H29Cl2N3O4. The fraction of sp³-hybridized carbons (Fsp3) is 0.310. The average Bonchev–Trinajstić information content (AvgIpc) is 3.41. The van der Waals surface area contributed by atoms with E-state index in [9.17, 15) is 19.7 Å². The molecule has 0 bridgehead atoms. The molecule has 1 atom stereocenters. The summed E-state index contributed by atoms with van der Waals surface area (Å²) in [6, 6.07) is 19.9. The molecule has 198 valence electrons. The van der Waals surface area contributed by atoms with Crippen molar-refractivity contribution in [3.8, 4) is 0 Å². The summed E-state index contributed by atoms with van der Waals surface area (Å²) >= 11 is 12.6. The number of nitrogens with one attached hydrogen (secondary N) is 1. The summed E-state index contributed by atoms with van der Waals surface area (Å²) in [7, 11) is 0. The lowest BCUT2D eigenvalue weighted by atomic mass is 10.0. The third-order valence-corrected chi connectivity index (χ3v) is 7.45. The zero-order valence-corrected chi connectivity index (χ0v) is 22.3. The molecule has 0 radical (unpaired) electrons. The molecule has 3 aromatic rings. The number of carbonyl (C=O) groups excluding carboxylic acids is 2. The van der Waals surface area contributed by atoms with Gasteiger partial charge in [-0.15, -0.1) is 0 Å². The van der Waals surface area contributed by atoms with Crippen molar-refractivity contribution in [2.45, 2.75) is 57.2 Å². The summed E-state index contributed by atoms with van der Waals surface area (Å²) in [5.74, 6) is -0.658. The molecule has 0 spiro atoms. The number of halogens is 2. The van der Waals surface area contributed by atoms with Crippen molar-refractivity contribution in [1.82, 2.24) is 10.2 Å². The summed E-state index contributed by atoms with van der Waals surface area (Å²) < 4.78 is 0. The van der Waals surface area contributed by atoms with Crippen LogP contribution < -0.4 is 5.32 Å². The fourth-order valence-electron chi connectivity index (χ4n) is 4.86. The van der Waals surface area contributed by atoms with Gasteiger partial charge in [0.25, 0.3) is 5.69 Å². The Labute approximate surface area is 231 Å². The molecule has 1 unspecified atom stereocenters. The van der Waals surface area contributed by atoms with Crippen LogP contribution in [0.3, 0.4) is 0 Å². The van der Waals surface area contributed by atoms with Crippen LogP contribution in [0.1, 0.15) is 42.4 Å². The van der Waals surface area contributed by atoms with E-state index in [1.807, 2.05) is 30.3 Å². The van der Waals surface area contributed by atoms with Gasteiger partial charge in [0.05, 0.1) is 11.3 Å². The zero-order valence-electron chi connectivity index (χ0n) is 20.8. The van der Waals surface area contributed by atoms with Gasteiger partial charge >= 0.3 is 0 Å². The van der Waals surface area contributed by atoms with E-state index in [1.54, 1.807) is 36.4 Å². The van der Waals surface area contributed by atoms with E-state index >= 15 is 0 Å². The average molecular weight is 554 g/mol. The maximum atomic E-state index is 13.9. The number of hydrogen-bond donors (Lipinski definition) is 1. The quantitative estimate of drug-likeness (QED) is 0.241. The largest absolute Gasteiger partial charge is 0.352 e. The van der Waals surface area contributed by atoms with Crippen LogP contribution >= 0.6 is 23.2 Å². The van der Waals surface area contributed by atoms with E-state index in [2.05, 4.69) is 5.32 Å². The lowest BCUT2D eigenvalue weighted by Crippen LogP contribution is -2.52. The van der Waals surface area contributed by atoms with E-state index < -0.39 is 16.9 Å². The zero-order chi connectivity index (χ0) is 27.1. The molecule has 0 heterocycles. The maximum Gasteiger partial charge on any atom is 0.273 e. The molecule has 2 amide bonds. The smallest absolute Gasteiger partial charge is 0.273 e. The highest BCUT2D eigenvalue weighted by Crippen LogP contribution is 2.26. The van der Waals surface area contributed by atoms with Crippen LogP contribution in [0, 0.1) is 10.1 Å². The van der Waals surface area contributed by atoms with Crippen LogP contribution in [0.5, 0.6) is 0 Å². The van der Waals surface area contributed by atoms with Gasteiger partial charge in [0, 0.05) is 40.7 Å². The van der Waals surface area contributed by atoms with Gasteiger partial charge in [-0.3, -0.25) is 19.7 Å². The Balaban J connectivity index is 1.71. The normalized spacial score (nSPS) is 14.2. The third kappa shape index (κ3) is 7.11. The molecule has 0 aliphatic heterocycles. The number of carbonyl (C=O) groups is 2. The summed E-state index contributed by atoms with van der Waals surface area (Å²) in [5, 5.41) is 15.6. The van der Waals surface area contributed by atoms with Gasteiger partial charge in [-0.1, -0.05) is 90.6 Å². The number of amides is 2. The Morgan fingerprint density at radius 3 is 2.34 bits per heavy atom. The number of benzene rings is 3. The van der Waals surface area contributed by atoms with E-state index in [0.717, 1.165) is 31.2 Å². The second-order valence-corrected chi connectivity index (χ2v) is 10.4. The van der Waals surface area contributed by atoms with Gasteiger partial charge in [0.1, 0.15) is 6.04 Å². The van der Waals surface area contributed by atoms with Crippen molar-refractivity contribution in [2.75, 3.05) is 0 Å². The van der Waals surface area contributed by atoms with Crippen LogP contribution in [-0.4, -0.2) is 33.7 Å². The van der Waals surface area contributed by atoms with Gasteiger partial charge in [0.15, 0.2) is 0 Å². The van der Waals surface area contributed by atoms with E-state index in [1.165, 1.54) is 11.0 Å². The standard InChI is InChI=1S/C29H29Cl2N3O4/c30-23-15-14-22(25(31)18-23)19-33(28(35)17-21-10-4-7-13-26(21)34(37)38)27(16-20-8-2-1-3-9-20)29(36)32-24-11-5-6-12-24/h1-4,7-10,13-15,18,24,27H,5-6,11-12,16-17,19H2,(H,32,36). The molecule has 1 N–H and O–H groups in total. The fourth-order valence-corrected chi connectivity index (χ4v) is 5.33. The highest BCUT2D eigenvalue weighted by Gasteiger charge is 2.33. The molecule has 0 aromatic heterocycles. The Bertz CT molecular complexity index is 1300. The SMILES string of the molecule is O=C(NC1CCCC1)C(Cc1ccccc1)N(Cc1ccc(Cl)cc1Cl)C(=O)Cc1ccccc1[N+](=O)[O-]. The first-order chi connectivity index (χ1) is 18.3. The number of rotatable bonds is 10. The molecule has 1 aliphatic rings. The Morgan fingerprint density at radius 1 is 0.974 bits per heavy atom. The molecule has 7 nitrogen and oxygen atoms in total. The number of nitro benzene ring substituents is 1. The predicted molar refractivity (Wildman–Crippen MR) is 148 cm³/mol. The first-order valence-corrected chi connectivity index (χ1v) is 13.4. The summed E-state index contributed by atoms with van der Waals surface area (Å²) in [6.07, 6.45) is 3.95. The molecule has 1 fully saturated rings. The molecule has 9 heteroatoms. The molecule has 3 aromatic carbocycles. The Hall–Kier alpha value is -3.42. The molecule has 1 aliphatic carbocycles. The summed E-state index contributed by atoms with van der Waals surface area (Å²) in [5.41, 5.74) is 1.66. The maximum absolute atomic E-state index is 13.9. The molecule has 4 rings (SSSR count). The number of hydrogen-bond acceptors (Lipinski definition) is 4. The molecule has 1 saturated carbocycles. The van der Waals surface area contributed by atoms with Crippen LogP contribution in [0.4, 0.5) is 5.69 Å². The Morgan fingerprint density at radius 2 is 1.66 bits per heavy atom. The second kappa shape index (κ2) is 12.9. The molecular weight excluding hydrogens is 525 g/mol. The first-order valence-electron chi connectivity index (χ1n) is 12.6. The Kier molecular flexibility index (Phi) is 9.37. The van der Waals surface area contributed by atoms with Gasteiger partial charge < -0.3 is 10.2 Å². The van der Waals surface area contributed by atoms with E-state index in [0.29, 0.717) is 15.6 Å². The van der Waals surface area contributed by atoms with Gasteiger partial charge in [-0.05, 0) is 36.1 Å². The highest BCUT2D eigenvalue weighted by atomic mass is 35.5. The highest BCUT2D eigenvalue weighted by molar-refractivity contribution is 6.35. The summed E-state index contributed by atoms with van der Waals surface area (Å²) in [4.78, 5) is 40.2. The molecule has 0 saturated heterocycles. The number of para-hydroxylation sites is 1. The predicted octanol–water partition coefficient (Wildman–Crippen LogP) is 6.14. The van der Waals surface area contributed by atoms with Crippen LogP contribution in [0.15, 0.2) is 72.8 Å². The first kappa shape index (κ1) is 27.6. The van der Waals surface area contributed by atoms with Crippen LogP contribution in [0.2, 0.25) is 10.0 Å². The second-order valence-electron chi connectivity index (χ2n) is 9.52. The van der Waals surface area contributed by atoms with Gasteiger partial charge in [-0.25, -0.2) is 0 Å². The minimum absolute atomic E-state index is 0.0467. The van der Waals surface area contributed by atoms with Crippen molar-refractivity contribution in [3.05, 3.63) is 110 Å². The monoisotopic (exact) mass is 553 g/mol. The molecule has 38 heavy (non-hydrogen) atoms. The lowest BCUT2D eigenvalue weighted by Gasteiger charge is -2.32. The van der Waals surface area contributed by atoms with Gasteiger partial charge in [0.2, 0.25) is 11.8 Å².